The molecule has 0 saturated carbocycles. The first kappa shape index (κ1) is 66.4. The Balaban J connectivity index is 1.24. The maximum Gasteiger partial charge on any atom is 0.0822 e. The molecule has 0 spiro atoms. The van der Waals surface area contributed by atoms with Gasteiger partial charge in [0.25, 0.3) is 0 Å². The summed E-state index contributed by atoms with van der Waals surface area (Å²) in [6.45, 7) is 0. The summed E-state index contributed by atoms with van der Waals surface area (Å²) in [5.41, 5.74) is 33.6. The Morgan fingerprint density at radius 1 is 0.192 bits per heavy atom. The monoisotopic (exact) mass is 1590 g/mol. The second-order valence-corrected chi connectivity index (χ2v) is 28.4. The van der Waals surface area contributed by atoms with Gasteiger partial charge in [0, 0.05) is 88.2 Å². The minimum absolute atomic E-state index is 0.685. The van der Waals surface area contributed by atoms with Crippen molar-refractivity contribution >= 4 is 120 Å². The zero-order chi connectivity index (χ0) is 70.0. The van der Waals surface area contributed by atoms with Crippen LogP contribution in [0.4, 0.5) is 0 Å². The Bertz CT molecular complexity index is 5520. The van der Waals surface area contributed by atoms with Gasteiger partial charge in [-0.3, -0.25) is 0 Å². The van der Waals surface area contributed by atoms with Gasteiger partial charge >= 0.3 is 0 Å². The summed E-state index contributed by atoms with van der Waals surface area (Å²) in [5.74, 6) is 0. The van der Waals surface area contributed by atoms with Crippen LogP contribution in [0.2, 0.25) is 0 Å². The number of nitrogens with one attached hydrogen (secondary N) is 2. The van der Waals surface area contributed by atoms with Gasteiger partial charge in [0.2, 0.25) is 0 Å². The van der Waals surface area contributed by atoms with Gasteiger partial charge in [-0.15, -0.1) is 0 Å². The van der Waals surface area contributed by atoms with Crippen molar-refractivity contribution in [1.82, 2.24) is 9.97 Å². The number of nitrogens with zero attached hydrogens (tertiary/aromatic N) is 2. The molecule has 498 valence electrons. The second-order valence-electron chi connectivity index (χ2n) is 26.1. The first-order valence-electron chi connectivity index (χ1n) is 34.9. The summed E-state index contributed by atoms with van der Waals surface area (Å²) < 4.78 is 0. The number of alkyl halides is 4. The van der Waals surface area contributed by atoms with Crippen LogP contribution in [0.5, 0.6) is 0 Å². The van der Waals surface area contributed by atoms with Gasteiger partial charge < -0.3 is 9.97 Å². The predicted molar refractivity (Wildman–Crippen MR) is 450 cm³/mol. The number of benzene rings is 12. The number of fused-ring (bicyclic) bond motifs is 10. The zero-order valence-corrected chi connectivity index (χ0v) is 62.9. The Morgan fingerprint density at radius 3 is 0.654 bits per heavy atom. The largest absolute Gasteiger partial charge is 0.353 e. The van der Waals surface area contributed by atoms with Crippen LogP contribution in [-0.4, -0.2) is 21.4 Å². The highest BCUT2D eigenvalue weighted by atomic mass is 79.9. The number of aromatic amines is 2. The molecule has 0 fully saturated rings. The van der Waals surface area contributed by atoms with E-state index in [0.717, 1.165) is 201 Å². The summed E-state index contributed by atoms with van der Waals surface area (Å²) in [6.07, 6.45) is 0. The Kier molecular flexibility index (Phi) is 18.8. The molecule has 0 amide bonds. The molecule has 0 radical (unpaired) electrons. The number of halogens is 4. The molecule has 0 atom stereocenters. The average Bonchev–Trinajstić information content (AvgIpc) is 1.56. The molecule has 2 aromatic heterocycles. The third-order valence-corrected chi connectivity index (χ3v) is 22.5. The third kappa shape index (κ3) is 12.3. The van der Waals surface area contributed by atoms with Crippen LogP contribution in [0.3, 0.4) is 0 Å². The predicted octanol–water partition coefficient (Wildman–Crippen LogP) is 24.4. The van der Waals surface area contributed by atoms with Crippen molar-refractivity contribution in [2.75, 3.05) is 0 Å². The maximum absolute atomic E-state index is 6.58. The number of H-pyrrole nitrogens is 2. The van der Waals surface area contributed by atoms with E-state index in [-0.39, 0.29) is 0 Å². The summed E-state index contributed by atoms with van der Waals surface area (Å²) in [7, 11) is 0. The number of aromatic nitrogens is 2. The summed E-state index contributed by atoms with van der Waals surface area (Å²) in [5, 5.41) is 4.54. The first-order chi connectivity index (χ1) is 51.5. The normalized spacial score (nSPS) is 13.7. The Labute approximate surface area is 640 Å². The molecule has 2 aliphatic heterocycles. The molecular weight excluding hydrogens is 1530 g/mol. The molecule has 0 saturated heterocycles. The zero-order valence-electron chi connectivity index (χ0n) is 56.6. The molecule has 4 heterocycles. The molecule has 1 aliphatic carbocycles. The van der Waals surface area contributed by atoms with E-state index in [1.165, 1.54) is 0 Å². The fraction of sp³-hybridized carbons (Fsp3) is 0.0417. The van der Waals surface area contributed by atoms with E-state index < -0.39 is 0 Å². The van der Waals surface area contributed by atoms with Crippen molar-refractivity contribution in [2.45, 2.75) is 21.3 Å². The summed E-state index contributed by atoms with van der Waals surface area (Å²) >= 11 is 15.5. The van der Waals surface area contributed by atoms with Gasteiger partial charge in [0.05, 0.1) is 44.9 Å². The lowest BCUT2D eigenvalue weighted by atomic mass is 9.83. The topological polar surface area (TPSA) is 56.3 Å². The van der Waals surface area contributed by atoms with E-state index >= 15 is 0 Å². The lowest BCUT2D eigenvalue weighted by Crippen LogP contribution is -2.24. The summed E-state index contributed by atoms with van der Waals surface area (Å²) in [6, 6.07) is 124. The van der Waals surface area contributed by atoms with Crippen molar-refractivity contribution < 1.29 is 0 Å². The maximum atomic E-state index is 6.58. The van der Waals surface area contributed by atoms with Gasteiger partial charge in [0.1, 0.15) is 0 Å². The molecule has 17 rings (SSSR count). The van der Waals surface area contributed by atoms with E-state index in [0.29, 0.717) is 21.3 Å². The molecule has 2 N–H and O–H groups in total. The SMILES string of the molecule is BrCc1ccc(C2=C3N=C(C(c4ccccc4)=C3c3ccccc3)C(c3ccc(CBr)cc3)=c3[nH]c(c(-c4ccccc4)c3-c3ccccc3)=C(c3ccc(CBr)cc3)C3=NC(=C(c4ccc(CBr)cc4)c4[nH]c2c(-c2ccccc2)c4-c2ccccc2)C(c2ccccc2)=C3c2ccccc2)cc1. The number of hydrogen-bond acceptors (Lipinski definition) is 2. The fourth-order valence-electron chi connectivity index (χ4n) is 15.2. The lowest BCUT2D eigenvalue weighted by Gasteiger charge is -2.17. The van der Waals surface area contributed by atoms with E-state index in [1.807, 2.05) is 0 Å². The highest BCUT2D eigenvalue weighted by Crippen LogP contribution is 2.54. The molecule has 3 aliphatic rings. The van der Waals surface area contributed by atoms with Gasteiger partial charge in [0.15, 0.2) is 0 Å². The minimum atomic E-state index is 0.685. The van der Waals surface area contributed by atoms with Gasteiger partial charge in [-0.25, -0.2) is 9.98 Å². The van der Waals surface area contributed by atoms with Crippen LogP contribution >= 0.6 is 63.7 Å². The minimum Gasteiger partial charge on any atom is -0.353 e. The van der Waals surface area contributed by atoms with Crippen molar-refractivity contribution in [3.05, 3.63) is 440 Å². The van der Waals surface area contributed by atoms with Crippen molar-refractivity contribution in [3.63, 3.8) is 0 Å². The molecule has 4 nitrogen and oxygen atoms in total. The number of rotatable bonds is 16. The average molecular weight is 1600 g/mol. The Morgan fingerprint density at radius 2 is 0.404 bits per heavy atom. The molecule has 8 bridgehead atoms. The van der Waals surface area contributed by atoms with Crippen molar-refractivity contribution in [3.8, 4) is 44.5 Å². The van der Waals surface area contributed by atoms with Crippen LogP contribution in [0.1, 0.15) is 78.1 Å². The van der Waals surface area contributed by atoms with Crippen LogP contribution < -0.4 is 10.7 Å². The van der Waals surface area contributed by atoms with E-state index in [1.54, 1.807) is 0 Å². The standard InChI is InChI=1S/C96H66Br4N4/c97-57-61-41-49-73(50-42-61)85-89-77(65-25-9-1-10-26-65)78(66-27-11-2-12-28-66)90(101-89)86(74-51-43-62(58-98)44-52-74)92-81(69-33-17-5-18-34-69)82(70-35-19-6-20-36-70)94(103-92)88(76-55-47-64(60-100)48-56-76)96-84(72-39-23-8-24-40-72)83(71-37-21-7-22-38-71)95(104-96)87(75-53-45-63(59-99)46-54-75)93-80(68-31-15-4-16-32-68)79(91(85)102-93)67-29-13-3-14-30-67/h1-56,101,104H,57-60H2. The lowest BCUT2D eigenvalue weighted by molar-refractivity contribution is 1.25. The molecular formula is C96H66Br4N4. The second kappa shape index (κ2) is 29.5. The molecule has 8 heteroatoms. The van der Waals surface area contributed by atoms with Crippen molar-refractivity contribution in [1.29, 1.82) is 0 Å². The van der Waals surface area contributed by atoms with Gasteiger partial charge in [-0.2, -0.15) is 0 Å². The highest BCUT2D eigenvalue weighted by Gasteiger charge is 2.39. The molecule has 104 heavy (non-hydrogen) atoms. The van der Waals surface area contributed by atoms with Gasteiger partial charge in [-0.1, -0.05) is 403 Å². The van der Waals surface area contributed by atoms with E-state index in [4.69, 9.17) is 9.98 Å². The quantitative estimate of drug-likeness (QED) is 0.0906. The fourth-order valence-corrected chi connectivity index (χ4v) is 16.6. The van der Waals surface area contributed by atoms with Crippen LogP contribution in [0, 0.1) is 0 Å². The molecule has 12 aromatic carbocycles. The van der Waals surface area contributed by atoms with Crippen LogP contribution in [0.15, 0.2) is 361 Å². The van der Waals surface area contributed by atoms with Crippen molar-refractivity contribution in [2.24, 2.45) is 9.98 Å². The summed E-state index contributed by atoms with van der Waals surface area (Å²) in [4.78, 5) is 22.2. The van der Waals surface area contributed by atoms with E-state index in [2.05, 4.69) is 413 Å². The number of aliphatic imine (C=N–C) groups is 2. The Hall–Kier alpha value is -10.8. The third-order valence-electron chi connectivity index (χ3n) is 19.9. The van der Waals surface area contributed by atoms with Gasteiger partial charge in [-0.05, 0) is 89.0 Å². The number of allylic oxidation sites excluding steroid dienone is 4. The molecule has 0 unspecified atom stereocenters. The number of hydrogen-bond donors (Lipinski definition) is 2. The smallest absolute Gasteiger partial charge is 0.0822 e. The van der Waals surface area contributed by atoms with E-state index in [9.17, 15) is 0 Å². The molecule has 14 aromatic rings. The highest BCUT2D eigenvalue weighted by molar-refractivity contribution is 9.09. The van der Waals surface area contributed by atoms with Crippen LogP contribution in [0.25, 0.3) is 89.1 Å². The first-order valence-corrected chi connectivity index (χ1v) is 39.4. The van der Waals surface area contributed by atoms with Crippen LogP contribution in [-0.2, 0) is 21.3 Å².